The van der Waals surface area contributed by atoms with Crippen LogP contribution < -0.4 is 14.7 Å². The predicted molar refractivity (Wildman–Crippen MR) is 140 cm³/mol. The van der Waals surface area contributed by atoms with Gasteiger partial charge in [0.15, 0.2) is 24.8 Å². The van der Waals surface area contributed by atoms with Gasteiger partial charge in [-0.1, -0.05) is 0 Å². The molecule has 3 aromatic rings. The maximum atomic E-state index is 10.7. The molecule has 0 saturated heterocycles. The fourth-order valence-corrected chi connectivity index (χ4v) is 5.09. The van der Waals surface area contributed by atoms with Crippen molar-refractivity contribution >= 4 is 38.1 Å². The summed E-state index contributed by atoms with van der Waals surface area (Å²) in [7, 11) is 6.24. The highest BCUT2D eigenvalue weighted by molar-refractivity contribution is 7.97. The molecule has 0 aliphatic heterocycles. The lowest BCUT2D eigenvalue weighted by molar-refractivity contribution is -0.0517. The molecule has 0 heterocycles. The van der Waals surface area contributed by atoms with E-state index < -0.39 is 15.6 Å². The molecule has 11 heteroatoms. The molecule has 0 bridgehead atoms. The fraction of sp³-hybridized carbons (Fsp3) is 0.280. The van der Waals surface area contributed by atoms with Crippen LogP contribution in [0.3, 0.4) is 0 Å². The molecule has 0 unspecified atom stereocenters. The van der Waals surface area contributed by atoms with E-state index in [0.717, 1.165) is 0 Å². The minimum absolute atomic E-state index is 0.135. The number of alkyl halides is 3. The van der Waals surface area contributed by atoms with Crippen LogP contribution in [-0.4, -0.2) is 60.8 Å². The van der Waals surface area contributed by atoms with Gasteiger partial charge in [-0.3, -0.25) is 0 Å². The number of benzene rings is 3. The molecule has 0 fully saturated rings. The summed E-state index contributed by atoms with van der Waals surface area (Å²) in [6.07, 6.45) is 0. The van der Waals surface area contributed by atoms with Crippen molar-refractivity contribution < 1.29 is 26.1 Å². The average Bonchev–Trinajstić information content (AvgIpc) is 2.79. The Labute approximate surface area is 214 Å². The van der Waals surface area contributed by atoms with Gasteiger partial charge in [0.05, 0.1) is 10.9 Å². The van der Waals surface area contributed by atoms with E-state index in [4.69, 9.17) is 13.0 Å². The van der Waals surface area contributed by atoms with E-state index in [2.05, 4.69) is 130 Å². The highest BCUT2D eigenvalue weighted by Crippen LogP contribution is 2.34. The lowest BCUT2D eigenvalue weighted by Gasteiger charge is -2.16. The Kier molecular flexibility index (Phi) is 9.70. The zero-order valence-corrected chi connectivity index (χ0v) is 22.6. The highest BCUT2D eigenvalue weighted by atomic mass is 32.2. The molecule has 0 aromatic heterocycles. The van der Waals surface area contributed by atoms with E-state index in [1.54, 1.807) is 0 Å². The number of anilines is 3. The first kappa shape index (κ1) is 29.3. The van der Waals surface area contributed by atoms with Gasteiger partial charge in [0, 0.05) is 59.3 Å². The van der Waals surface area contributed by atoms with Crippen LogP contribution in [0.2, 0.25) is 0 Å². The van der Waals surface area contributed by atoms with Crippen LogP contribution >= 0.6 is 0 Å². The normalized spacial score (nSPS) is 11.5. The van der Waals surface area contributed by atoms with Crippen LogP contribution in [0.4, 0.5) is 30.2 Å². The molecular formula is C25H30F3N3O3S2. The quantitative estimate of drug-likeness (QED) is 0.248. The van der Waals surface area contributed by atoms with Crippen molar-refractivity contribution in [2.75, 3.05) is 57.0 Å². The lowest BCUT2D eigenvalue weighted by Crippen LogP contribution is -2.21. The monoisotopic (exact) mass is 541 g/mol. The standard InChI is InChI=1S/C24H30N3S.CHF3O3S/c1-25(2)19-7-13-22(14-8-19)28(23-15-9-20(10-16-23)26(3)4)24-17-11-21(12-18-24)27(5)6;2-1(3,4)8(5,6)7/h7-18H,1-6H3;(H,5,6,7)/q+1;/p-1. The van der Waals surface area contributed by atoms with Crippen LogP contribution in [0, 0.1) is 0 Å². The van der Waals surface area contributed by atoms with Crippen LogP contribution in [0.5, 0.6) is 0 Å². The number of hydrogen-bond acceptors (Lipinski definition) is 6. The summed E-state index contributed by atoms with van der Waals surface area (Å²) in [6.45, 7) is 0. The Hall–Kier alpha value is -2.89. The summed E-state index contributed by atoms with van der Waals surface area (Å²) >= 11 is 0. The van der Waals surface area contributed by atoms with Crippen LogP contribution in [0.1, 0.15) is 0 Å². The molecule has 3 aromatic carbocycles. The smallest absolute Gasteiger partial charge is 0.485 e. The summed E-state index contributed by atoms with van der Waals surface area (Å²) in [6, 6.07) is 26.8. The van der Waals surface area contributed by atoms with Crippen molar-refractivity contribution in [3.05, 3.63) is 72.8 Å². The van der Waals surface area contributed by atoms with Crippen LogP contribution in [0.25, 0.3) is 0 Å². The first-order chi connectivity index (χ1) is 16.6. The number of rotatable bonds is 6. The van der Waals surface area contributed by atoms with Crippen molar-refractivity contribution in [1.29, 1.82) is 0 Å². The molecule has 0 N–H and O–H groups in total. The SMILES string of the molecule is CN(C)c1ccc([S+](c2ccc(N(C)C)cc2)c2ccc(N(C)C)cc2)cc1.O=S(=O)([O-])C(F)(F)F. The zero-order chi connectivity index (χ0) is 27.3. The first-order valence-corrected chi connectivity index (χ1v) is 13.3. The van der Waals surface area contributed by atoms with Gasteiger partial charge in [-0.15, -0.1) is 0 Å². The third kappa shape index (κ3) is 7.81. The second-order valence-corrected chi connectivity index (χ2v) is 11.8. The van der Waals surface area contributed by atoms with E-state index >= 15 is 0 Å². The Morgan fingerprint density at radius 3 is 0.917 bits per heavy atom. The van der Waals surface area contributed by atoms with Gasteiger partial charge < -0.3 is 19.3 Å². The molecule has 6 nitrogen and oxygen atoms in total. The van der Waals surface area contributed by atoms with Gasteiger partial charge in [-0.25, -0.2) is 8.42 Å². The molecule has 0 amide bonds. The Morgan fingerprint density at radius 1 is 0.583 bits per heavy atom. The first-order valence-electron chi connectivity index (χ1n) is 10.7. The van der Waals surface area contributed by atoms with Crippen molar-refractivity contribution in [3.63, 3.8) is 0 Å². The predicted octanol–water partition coefficient (Wildman–Crippen LogP) is 5.03. The summed E-state index contributed by atoms with van der Waals surface area (Å²) in [5.74, 6) is 0. The number of hydrogen-bond donors (Lipinski definition) is 0. The highest BCUT2D eigenvalue weighted by Gasteiger charge is 2.37. The second kappa shape index (κ2) is 11.9. The Bertz CT molecular complexity index is 1090. The van der Waals surface area contributed by atoms with E-state index in [-0.39, 0.29) is 10.9 Å². The Balaban J connectivity index is 0.000000493. The van der Waals surface area contributed by atoms with E-state index in [1.165, 1.54) is 31.7 Å². The topological polar surface area (TPSA) is 66.9 Å². The fourth-order valence-electron chi connectivity index (χ4n) is 3.05. The van der Waals surface area contributed by atoms with Crippen molar-refractivity contribution in [2.45, 2.75) is 20.2 Å². The summed E-state index contributed by atoms with van der Waals surface area (Å²) in [5, 5.41) is 0. The van der Waals surface area contributed by atoms with Gasteiger partial charge in [-0.05, 0) is 72.8 Å². The molecule has 0 saturated carbocycles. The molecular weight excluding hydrogens is 511 g/mol. The van der Waals surface area contributed by atoms with Crippen molar-refractivity contribution in [3.8, 4) is 0 Å². The third-order valence-electron chi connectivity index (χ3n) is 5.05. The molecule has 36 heavy (non-hydrogen) atoms. The summed E-state index contributed by atoms with van der Waals surface area (Å²) in [5.41, 5.74) is -1.98. The van der Waals surface area contributed by atoms with Crippen molar-refractivity contribution in [2.24, 2.45) is 0 Å². The van der Waals surface area contributed by atoms with Gasteiger partial charge in [-0.2, -0.15) is 13.2 Å². The summed E-state index contributed by atoms with van der Waals surface area (Å²) in [4.78, 5) is 10.4. The molecule has 196 valence electrons. The Morgan fingerprint density at radius 2 is 0.778 bits per heavy atom. The number of nitrogens with zero attached hydrogens (tertiary/aromatic N) is 3. The molecule has 0 radical (unpaired) electrons. The van der Waals surface area contributed by atoms with E-state index in [9.17, 15) is 13.2 Å². The molecule has 0 aliphatic carbocycles. The van der Waals surface area contributed by atoms with Gasteiger partial charge >= 0.3 is 5.51 Å². The maximum Gasteiger partial charge on any atom is 0.485 e. The summed E-state index contributed by atoms with van der Waals surface area (Å²) < 4.78 is 58.9. The largest absolute Gasteiger partial charge is 0.741 e. The molecule has 3 rings (SSSR count). The minimum Gasteiger partial charge on any atom is -0.741 e. The van der Waals surface area contributed by atoms with E-state index in [1.807, 2.05) is 0 Å². The zero-order valence-electron chi connectivity index (χ0n) is 20.9. The molecule has 0 spiro atoms. The van der Waals surface area contributed by atoms with Crippen LogP contribution in [0.15, 0.2) is 87.5 Å². The second-order valence-electron chi connectivity index (χ2n) is 8.37. The molecule has 0 atom stereocenters. The van der Waals surface area contributed by atoms with Crippen LogP contribution in [-0.2, 0) is 21.0 Å². The van der Waals surface area contributed by atoms with Crippen molar-refractivity contribution in [1.82, 2.24) is 0 Å². The maximum absolute atomic E-state index is 10.7. The van der Waals surface area contributed by atoms with E-state index in [0.29, 0.717) is 0 Å². The van der Waals surface area contributed by atoms with Gasteiger partial charge in [0.2, 0.25) is 0 Å². The average molecular weight is 542 g/mol. The van der Waals surface area contributed by atoms with Gasteiger partial charge in [0.1, 0.15) is 0 Å². The minimum atomic E-state index is -6.09. The number of halogens is 3. The third-order valence-corrected chi connectivity index (χ3v) is 7.85. The lowest BCUT2D eigenvalue weighted by atomic mass is 10.3. The molecule has 0 aliphatic rings. The van der Waals surface area contributed by atoms with Gasteiger partial charge in [0.25, 0.3) is 0 Å².